The average molecular weight is 695 g/mol. The summed E-state index contributed by atoms with van der Waals surface area (Å²) in [7, 11) is 0. The molecule has 1 saturated heterocycles. The summed E-state index contributed by atoms with van der Waals surface area (Å²) in [5.74, 6) is -3.03. The molecule has 1 aliphatic rings. The molecule has 0 radical (unpaired) electrons. The number of hydrogen-bond donors (Lipinski definition) is 4. The third-order valence-corrected chi connectivity index (χ3v) is 7.84. The number of aliphatic hydroxyl groups is 2. The minimum Gasteiger partial charge on any atom is -0.462 e. The van der Waals surface area contributed by atoms with E-state index in [1.807, 2.05) is 4.90 Å². The monoisotopic (exact) mass is 694 g/mol. The van der Waals surface area contributed by atoms with Crippen LogP contribution in [0.4, 0.5) is 15.8 Å². The fraction of sp³-hybridized carbons (Fsp3) is 0.389. The minimum atomic E-state index is -1.20. The molecule has 1 aliphatic heterocycles. The van der Waals surface area contributed by atoms with Gasteiger partial charge in [-0.15, -0.1) is 0 Å². The maximum Gasteiger partial charge on any atom is 0.338 e. The summed E-state index contributed by atoms with van der Waals surface area (Å²) in [6.45, 7) is 4.79. The summed E-state index contributed by atoms with van der Waals surface area (Å²) in [5, 5.41) is 27.3. The summed E-state index contributed by atoms with van der Waals surface area (Å²) >= 11 is 0. The number of benzene rings is 3. The lowest BCUT2D eigenvalue weighted by atomic mass is 10.1. The van der Waals surface area contributed by atoms with E-state index in [0.717, 1.165) is 0 Å². The highest BCUT2D eigenvalue weighted by molar-refractivity contribution is 6.06. The van der Waals surface area contributed by atoms with Crippen LogP contribution in [0.25, 0.3) is 0 Å². The average Bonchev–Trinajstić information content (AvgIpc) is 3.13. The minimum absolute atomic E-state index is 0.0754. The first-order valence-corrected chi connectivity index (χ1v) is 16.4. The zero-order chi connectivity index (χ0) is 36.0. The number of carbonyl (C=O) groups is 4. The number of aliphatic hydroxyl groups excluding tert-OH is 2. The molecule has 0 saturated carbocycles. The summed E-state index contributed by atoms with van der Waals surface area (Å²) in [5.41, 5.74) is 1.04. The van der Waals surface area contributed by atoms with Crippen LogP contribution in [0.15, 0.2) is 66.7 Å². The van der Waals surface area contributed by atoms with E-state index in [4.69, 9.17) is 14.2 Å². The van der Waals surface area contributed by atoms with Gasteiger partial charge in [-0.2, -0.15) is 0 Å². The molecule has 50 heavy (non-hydrogen) atoms. The van der Waals surface area contributed by atoms with Crippen LogP contribution in [0.5, 0.6) is 0 Å². The molecular weight excluding hydrogens is 651 g/mol. The number of esters is 2. The Bertz CT molecular complexity index is 1550. The Balaban J connectivity index is 1.46. The second-order valence-corrected chi connectivity index (χ2v) is 11.4. The molecule has 1 heterocycles. The van der Waals surface area contributed by atoms with Crippen LogP contribution in [-0.2, 0) is 14.2 Å². The Morgan fingerprint density at radius 2 is 1.24 bits per heavy atom. The van der Waals surface area contributed by atoms with Gasteiger partial charge in [-0.05, 0) is 56.3 Å². The second kappa shape index (κ2) is 18.6. The van der Waals surface area contributed by atoms with E-state index in [1.54, 1.807) is 55.1 Å². The van der Waals surface area contributed by atoms with Crippen LogP contribution < -0.4 is 20.4 Å². The number of ether oxygens (including phenoxy) is 3. The second-order valence-electron chi connectivity index (χ2n) is 11.4. The molecule has 2 amide bonds. The van der Waals surface area contributed by atoms with Gasteiger partial charge in [0, 0.05) is 45.0 Å². The van der Waals surface area contributed by atoms with Gasteiger partial charge in [0.25, 0.3) is 11.8 Å². The third kappa shape index (κ3) is 10.2. The number of halogens is 1. The summed E-state index contributed by atoms with van der Waals surface area (Å²) in [6, 6.07) is 16.8. The SMILES string of the molecule is CCOC(=O)c1ccccc1C(=O)NC[C@@H](O)CN(C[C@@H](O)CNC(=O)c1ccccc1C(=O)OCC)c1ccc(N2CCOCC2)c(F)c1. The van der Waals surface area contributed by atoms with Crippen LogP contribution in [0.2, 0.25) is 0 Å². The molecule has 2 atom stereocenters. The van der Waals surface area contributed by atoms with Crippen LogP contribution in [0, 0.1) is 5.82 Å². The van der Waals surface area contributed by atoms with Crippen molar-refractivity contribution >= 4 is 35.1 Å². The predicted molar refractivity (Wildman–Crippen MR) is 183 cm³/mol. The van der Waals surface area contributed by atoms with Crippen molar-refractivity contribution in [2.75, 3.05) is 75.5 Å². The largest absolute Gasteiger partial charge is 0.462 e. The number of nitrogens with one attached hydrogen (secondary N) is 2. The van der Waals surface area contributed by atoms with Gasteiger partial charge in [0.2, 0.25) is 0 Å². The lowest BCUT2D eigenvalue weighted by Gasteiger charge is -2.32. The lowest BCUT2D eigenvalue weighted by Crippen LogP contribution is -2.45. The summed E-state index contributed by atoms with van der Waals surface area (Å²) in [6.07, 6.45) is -2.40. The van der Waals surface area contributed by atoms with Crippen molar-refractivity contribution < 1.29 is 48.0 Å². The van der Waals surface area contributed by atoms with E-state index in [1.165, 1.54) is 30.3 Å². The number of anilines is 2. The molecule has 0 spiro atoms. The van der Waals surface area contributed by atoms with Crippen molar-refractivity contribution in [1.29, 1.82) is 0 Å². The topological polar surface area (TPSA) is 167 Å². The van der Waals surface area contributed by atoms with Gasteiger partial charge in [0.05, 0.1) is 66.6 Å². The van der Waals surface area contributed by atoms with Crippen molar-refractivity contribution in [3.05, 3.63) is 94.8 Å². The van der Waals surface area contributed by atoms with Gasteiger partial charge in [-0.25, -0.2) is 14.0 Å². The third-order valence-electron chi connectivity index (χ3n) is 7.84. The first kappa shape index (κ1) is 37.8. The molecule has 4 rings (SSSR count). The highest BCUT2D eigenvalue weighted by Crippen LogP contribution is 2.26. The molecule has 14 heteroatoms. The van der Waals surface area contributed by atoms with Crippen LogP contribution in [0.1, 0.15) is 55.3 Å². The molecule has 0 unspecified atom stereocenters. The fourth-order valence-corrected chi connectivity index (χ4v) is 5.42. The van der Waals surface area contributed by atoms with Gasteiger partial charge in [0.1, 0.15) is 5.82 Å². The summed E-state index contributed by atoms with van der Waals surface area (Å²) in [4.78, 5) is 54.1. The number of carbonyl (C=O) groups excluding carboxylic acids is 4. The van der Waals surface area contributed by atoms with Crippen molar-refractivity contribution in [2.45, 2.75) is 26.1 Å². The van der Waals surface area contributed by atoms with Gasteiger partial charge < -0.3 is 44.9 Å². The fourth-order valence-electron chi connectivity index (χ4n) is 5.42. The van der Waals surface area contributed by atoms with Gasteiger partial charge in [-0.1, -0.05) is 24.3 Å². The predicted octanol–water partition coefficient (Wildman–Crippen LogP) is 2.40. The quantitative estimate of drug-likeness (QED) is 0.163. The Hall–Kier alpha value is -5.05. The Morgan fingerprint density at radius 1 is 0.780 bits per heavy atom. The van der Waals surface area contributed by atoms with E-state index >= 15 is 4.39 Å². The van der Waals surface area contributed by atoms with Crippen molar-refractivity contribution in [3.8, 4) is 0 Å². The van der Waals surface area contributed by atoms with E-state index in [-0.39, 0.29) is 61.6 Å². The normalized spacial score (nSPS) is 13.9. The van der Waals surface area contributed by atoms with E-state index in [2.05, 4.69) is 10.6 Å². The van der Waals surface area contributed by atoms with E-state index in [9.17, 15) is 29.4 Å². The molecule has 0 aliphatic carbocycles. The molecule has 1 fully saturated rings. The van der Waals surface area contributed by atoms with E-state index < -0.39 is 41.8 Å². The number of hydrogen-bond acceptors (Lipinski definition) is 11. The molecule has 3 aromatic rings. The molecule has 4 N–H and O–H groups in total. The Morgan fingerprint density at radius 3 is 1.68 bits per heavy atom. The van der Waals surface area contributed by atoms with Crippen molar-refractivity contribution in [1.82, 2.24) is 10.6 Å². The standard InChI is InChI=1S/C36H43FN4O9/c1-3-49-35(46)29-11-7-5-9-27(29)33(44)38-20-25(42)22-41(24-13-14-32(31(37)19-24)40-15-17-48-18-16-40)23-26(43)21-39-34(45)28-10-6-8-12-30(28)36(47)50-4-2/h5-14,19,25-26,42-43H,3-4,15-18,20-23H2,1-2H3,(H,38,44)(H,39,45)/t25-,26+. The molecule has 0 bridgehead atoms. The Labute approximate surface area is 289 Å². The van der Waals surface area contributed by atoms with Crippen molar-refractivity contribution in [2.24, 2.45) is 0 Å². The summed E-state index contributed by atoms with van der Waals surface area (Å²) < 4.78 is 30.9. The van der Waals surface area contributed by atoms with Crippen LogP contribution in [0.3, 0.4) is 0 Å². The Kier molecular flexibility index (Phi) is 14.1. The lowest BCUT2D eigenvalue weighted by molar-refractivity contribution is 0.0514. The van der Waals surface area contributed by atoms with Crippen LogP contribution >= 0.6 is 0 Å². The first-order valence-electron chi connectivity index (χ1n) is 16.4. The number of amides is 2. The number of rotatable bonds is 16. The molecule has 0 aromatic heterocycles. The smallest absolute Gasteiger partial charge is 0.338 e. The zero-order valence-electron chi connectivity index (χ0n) is 28.1. The first-order chi connectivity index (χ1) is 24.1. The highest BCUT2D eigenvalue weighted by atomic mass is 19.1. The van der Waals surface area contributed by atoms with E-state index in [0.29, 0.717) is 37.7 Å². The molecule has 3 aromatic carbocycles. The van der Waals surface area contributed by atoms with Gasteiger partial charge in [-0.3, -0.25) is 9.59 Å². The zero-order valence-corrected chi connectivity index (χ0v) is 28.1. The number of nitrogens with zero attached hydrogens (tertiary/aromatic N) is 2. The molecule has 13 nitrogen and oxygen atoms in total. The molecule has 268 valence electrons. The van der Waals surface area contributed by atoms with Crippen LogP contribution in [-0.4, -0.2) is 112 Å². The maximum atomic E-state index is 15.4. The van der Waals surface area contributed by atoms with Crippen molar-refractivity contribution in [3.63, 3.8) is 0 Å². The maximum absolute atomic E-state index is 15.4. The molecular formula is C36H43FN4O9. The highest BCUT2D eigenvalue weighted by Gasteiger charge is 2.24. The van der Waals surface area contributed by atoms with Gasteiger partial charge >= 0.3 is 11.9 Å². The van der Waals surface area contributed by atoms with Gasteiger partial charge in [0.15, 0.2) is 0 Å². The number of morpholine rings is 1.